The van der Waals surface area contributed by atoms with E-state index in [4.69, 9.17) is 14.7 Å². The first kappa shape index (κ1) is 11.9. The van der Waals surface area contributed by atoms with Crippen molar-refractivity contribution in [3.8, 4) is 17.7 Å². The molecule has 0 N–H and O–H groups in total. The van der Waals surface area contributed by atoms with Crippen molar-refractivity contribution in [1.82, 2.24) is 10.2 Å². The topological polar surface area (TPSA) is 68.0 Å². The van der Waals surface area contributed by atoms with E-state index in [-0.39, 0.29) is 5.88 Å². The Balaban J connectivity index is 1.81. The fourth-order valence-electron chi connectivity index (χ4n) is 1.33. The zero-order chi connectivity index (χ0) is 12.6. The Morgan fingerprint density at radius 1 is 1.06 bits per heavy atom. The third-order valence-corrected chi connectivity index (χ3v) is 2.14. The van der Waals surface area contributed by atoms with Crippen molar-refractivity contribution in [2.24, 2.45) is 0 Å². The fourth-order valence-corrected chi connectivity index (χ4v) is 1.33. The van der Waals surface area contributed by atoms with Crippen LogP contribution in [0.2, 0.25) is 0 Å². The number of nitrogens with zero attached hydrogens (tertiary/aromatic N) is 3. The summed E-state index contributed by atoms with van der Waals surface area (Å²) in [7, 11) is 0. The van der Waals surface area contributed by atoms with Crippen LogP contribution in [0.15, 0.2) is 42.6 Å². The molecule has 0 bridgehead atoms. The van der Waals surface area contributed by atoms with Crippen molar-refractivity contribution in [2.45, 2.75) is 0 Å². The smallest absolute Gasteiger partial charge is 0.251 e. The van der Waals surface area contributed by atoms with Crippen molar-refractivity contribution in [3.63, 3.8) is 0 Å². The van der Waals surface area contributed by atoms with Gasteiger partial charge in [0, 0.05) is 0 Å². The number of hydrogen-bond donors (Lipinski definition) is 0. The predicted octanol–water partition coefficient (Wildman–Crippen LogP) is 1.81. The predicted molar refractivity (Wildman–Crippen MR) is 64.2 cm³/mol. The number of rotatable bonds is 5. The van der Waals surface area contributed by atoms with E-state index >= 15 is 0 Å². The van der Waals surface area contributed by atoms with Crippen LogP contribution in [-0.2, 0) is 0 Å². The number of aromatic nitrogens is 2. The maximum absolute atomic E-state index is 8.82. The van der Waals surface area contributed by atoms with Crippen LogP contribution in [0.25, 0.3) is 0 Å². The molecular weight excluding hydrogens is 230 g/mol. The van der Waals surface area contributed by atoms with Crippen molar-refractivity contribution >= 4 is 0 Å². The van der Waals surface area contributed by atoms with Gasteiger partial charge < -0.3 is 9.47 Å². The van der Waals surface area contributed by atoms with Gasteiger partial charge in [0.05, 0.1) is 6.20 Å². The van der Waals surface area contributed by atoms with Crippen LogP contribution in [0.1, 0.15) is 5.56 Å². The Hall–Kier alpha value is -2.61. The highest BCUT2D eigenvalue weighted by Crippen LogP contribution is 2.11. The lowest BCUT2D eigenvalue weighted by molar-refractivity contribution is 0.210. The summed E-state index contributed by atoms with van der Waals surface area (Å²) in [4.78, 5) is 0. The van der Waals surface area contributed by atoms with Crippen LogP contribution in [0.5, 0.6) is 11.6 Å². The van der Waals surface area contributed by atoms with Gasteiger partial charge in [-0.25, -0.2) is 0 Å². The van der Waals surface area contributed by atoms with Crippen LogP contribution in [0.3, 0.4) is 0 Å². The highest BCUT2D eigenvalue weighted by Gasteiger charge is 2.04. The standard InChI is InChI=1S/C13H11N3O2/c14-10-11-6-7-15-16-13(11)18-9-8-17-12-4-2-1-3-5-12/h1-7H,8-9H2. The maximum atomic E-state index is 8.82. The van der Waals surface area contributed by atoms with E-state index in [9.17, 15) is 0 Å². The Morgan fingerprint density at radius 3 is 2.61 bits per heavy atom. The molecule has 2 rings (SSSR count). The second-order valence-corrected chi connectivity index (χ2v) is 3.37. The van der Waals surface area contributed by atoms with Gasteiger partial charge >= 0.3 is 0 Å². The largest absolute Gasteiger partial charge is 0.490 e. The second-order valence-electron chi connectivity index (χ2n) is 3.37. The molecule has 0 saturated carbocycles. The van der Waals surface area contributed by atoms with Crippen molar-refractivity contribution in [3.05, 3.63) is 48.2 Å². The van der Waals surface area contributed by atoms with Gasteiger partial charge in [-0.1, -0.05) is 18.2 Å². The van der Waals surface area contributed by atoms with E-state index in [1.165, 1.54) is 6.20 Å². The molecule has 5 heteroatoms. The van der Waals surface area contributed by atoms with Crippen molar-refractivity contribution < 1.29 is 9.47 Å². The van der Waals surface area contributed by atoms with E-state index in [0.29, 0.717) is 18.8 Å². The molecule has 0 saturated heterocycles. The summed E-state index contributed by atoms with van der Waals surface area (Å²) >= 11 is 0. The Bertz CT molecular complexity index is 537. The summed E-state index contributed by atoms with van der Waals surface area (Å²) in [5.74, 6) is 1.01. The molecule has 0 fully saturated rings. The minimum Gasteiger partial charge on any atom is -0.490 e. The molecule has 2 aromatic rings. The third-order valence-electron chi connectivity index (χ3n) is 2.14. The Morgan fingerprint density at radius 2 is 1.83 bits per heavy atom. The molecule has 90 valence electrons. The van der Waals surface area contributed by atoms with Crippen LogP contribution in [0, 0.1) is 11.3 Å². The molecule has 1 heterocycles. The minimum absolute atomic E-state index is 0.233. The van der Waals surface area contributed by atoms with Gasteiger partial charge in [0.15, 0.2) is 0 Å². The highest BCUT2D eigenvalue weighted by atomic mass is 16.5. The fraction of sp³-hybridized carbons (Fsp3) is 0.154. The molecule has 0 unspecified atom stereocenters. The molecule has 18 heavy (non-hydrogen) atoms. The molecule has 1 aromatic heterocycles. The van der Waals surface area contributed by atoms with Gasteiger partial charge in [0.25, 0.3) is 5.88 Å². The zero-order valence-electron chi connectivity index (χ0n) is 9.61. The number of ether oxygens (including phenoxy) is 2. The van der Waals surface area contributed by atoms with Crippen LogP contribution < -0.4 is 9.47 Å². The lowest BCUT2D eigenvalue weighted by Gasteiger charge is -2.07. The quantitative estimate of drug-likeness (QED) is 0.747. The first-order valence-corrected chi connectivity index (χ1v) is 5.42. The lowest BCUT2D eigenvalue weighted by atomic mass is 10.3. The SMILES string of the molecule is N#Cc1ccnnc1OCCOc1ccccc1. The van der Waals surface area contributed by atoms with Crippen molar-refractivity contribution in [2.75, 3.05) is 13.2 Å². The minimum atomic E-state index is 0.233. The molecule has 0 aliphatic heterocycles. The van der Waals surface area contributed by atoms with Crippen molar-refractivity contribution in [1.29, 1.82) is 5.26 Å². The zero-order valence-corrected chi connectivity index (χ0v) is 9.61. The summed E-state index contributed by atoms with van der Waals surface area (Å²) in [6.45, 7) is 0.688. The molecule has 0 radical (unpaired) electrons. The summed E-state index contributed by atoms with van der Waals surface area (Å²) < 4.78 is 10.8. The Labute approximate surface area is 105 Å². The van der Waals surface area contributed by atoms with Crippen LogP contribution in [0.4, 0.5) is 0 Å². The average Bonchev–Trinajstić information content (AvgIpc) is 2.45. The average molecular weight is 241 g/mol. The number of para-hydroxylation sites is 1. The normalized spacial score (nSPS) is 9.50. The molecule has 0 spiro atoms. The van der Waals surface area contributed by atoms with Gasteiger partial charge in [-0.3, -0.25) is 0 Å². The second kappa shape index (κ2) is 6.21. The monoisotopic (exact) mass is 241 g/mol. The van der Waals surface area contributed by atoms with Gasteiger partial charge in [-0.2, -0.15) is 10.4 Å². The van der Waals surface area contributed by atoms with E-state index in [2.05, 4.69) is 10.2 Å². The number of benzene rings is 1. The molecule has 0 atom stereocenters. The van der Waals surface area contributed by atoms with Gasteiger partial charge in [-0.15, -0.1) is 5.10 Å². The van der Waals surface area contributed by atoms with Gasteiger partial charge in [0.2, 0.25) is 0 Å². The number of nitriles is 1. The van der Waals surface area contributed by atoms with E-state index in [1.54, 1.807) is 6.07 Å². The van der Waals surface area contributed by atoms with Gasteiger partial charge in [0.1, 0.15) is 30.6 Å². The summed E-state index contributed by atoms with van der Waals surface area (Å²) in [6, 6.07) is 13.0. The Kier molecular flexibility index (Phi) is 4.09. The van der Waals surface area contributed by atoms with Gasteiger partial charge in [-0.05, 0) is 18.2 Å². The summed E-state index contributed by atoms with van der Waals surface area (Å²) in [6.07, 6.45) is 1.45. The lowest BCUT2D eigenvalue weighted by Crippen LogP contribution is -2.10. The van der Waals surface area contributed by atoms with E-state index in [1.807, 2.05) is 36.4 Å². The maximum Gasteiger partial charge on any atom is 0.251 e. The molecule has 1 aromatic carbocycles. The molecule has 0 aliphatic carbocycles. The number of hydrogen-bond acceptors (Lipinski definition) is 5. The third kappa shape index (κ3) is 3.19. The van der Waals surface area contributed by atoms with E-state index in [0.717, 1.165) is 5.75 Å². The highest BCUT2D eigenvalue weighted by molar-refractivity contribution is 5.35. The first-order valence-electron chi connectivity index (χ1n) is 5.42. The molecule has 5 nitrogen and oxygen atoms in total. The summed E-state index contributed by atoms with van der Waals surface area (Å²) in [5, 5.41) is 16.2. The molecular formula is C13H11N3O2. The summed E-state index contributed by atoms with van der Waals surface area (Å²) in [5.41, 5.74) is 0.365. The first-order chi connectivity index (χ1) is 8.90. The molecule has 0 aliphatic rings. The van der Waals surface area contributed by atoms with Crippen LogP contribution in [-0.4, -0.2) is 23.4 Å². The molecule has 0 amide bonds. The van der Waals surface area contributed by atoms with E-state index < -0.39 is 0 Å². The van der Waals surface area contributed by atoms with Crippen LogP contribution >= 0.6 is 0 Å².